The van der Waals surface area contributed by atoms with E-state index in [4.69, 9.17) is 14.5 Å². The number of benzene rings is 2. The van der Waals surface area contributed by atoms with Crippen molar-refractivity contribution < 1.29 is 14.3 Å². The molecular formula is C28H33N3O3. The molecule has 1 heterocycles. The van der Waals surface area contributed by atoms with Crippen LogP contribution in [0.5, 0.6) is 11.5 Å². The number of rotatable bonds is 10. The lowest BCUT2D eigenvalue weighted by Crippen LogP contribution is -2.22. The Labute approximate surface area is 201 Å². The third-order valence-electron chi connectivity index (χ3n) is 6.21. The number of anilines is 1. The number of unbranched alkanes of at least 4 members (excludes halogenated alkanes) is 1. The molecule has 0 atom stereocenters. The molecule has 2 N–H and O–H groups in total. The average Bonchev–Trinajstić information content (AvgIpc) is 2.88. The predicted molar refractivity (Wildman–Crippen MR) is 138 cm³/mol. The van der Waals surface area contributed by atoms with Crippen LogP contribution in [0.3, 0.4) is 0 Å². The largest absolute Gasteiger partial charge is 0.493 e. The fourth-order valence-corrected chi connectivity index (χ4v) is 4.44. The lowest BCUT2D eigenvalue weighted by atomic mass is 9.92. The number of methoxy groups -OCH3 is 2. The molecule has 6 nitrogen and oxygen atoms in total. The Morgan fingerprint density at radius 3 is 2.65 bits per heavy atom. The Morgan fingerprint density at radius 2 is 1.79 bits per heavy atom. The summed E-state index contributed by atoms with van der Waals surface area (Å²) in [6.07, 6.45) is 9.82. The fraction of sp³-hybridized carbons (Fsp3) is 0.357. The zero-order chi connectivity index (χ0) is 23.8. The Balaban J connectivity index is 1.25. The van der Waals surface area contributed by atoms with Crippen LogP contribution in [-0.2, 0) is 17.6 Å². The van der Waals surface area contributed by atoms with Gasteiger partial charge in [0.15, 0.2) is 11.5 Å². The van der Waals surface area contributed by atoms with Gasteiger partial charge in [0.25, 0.3) is 0 Å². The number of hydrogen-bond acceptors (Lipinski definition) is 5. The molecule has 1 aliphatic rings. The van der Waals surface area contributed by atoms with Gasteiger partial charge in [0.05, 0.1) is 19.7 Å². The number of para-hydroxylation sites is 1. The first-order chi connectivity index (χ1) is 16.7. The van der Waals surface area contributed by atoms with Crippen molar-refractivity contribution in [2.24, 2.45) is 0 Å². The number of amides is 1. The zero-order valence-corrected chi connectivity index (χ0v) is 20.0. The maximum atomic E-state index is 12.2. The topological polar surface area (TPSA) is 72.5 Å². The van der Waals surface area contributed by atoms with Crippen molar-refractivity contribution in [1.82, 2.24) is 10.3 Å². The van der Waals surface area contributed by atoms with Gasteiger partial charge in [-0.1, -0.05) is 24.3 Å². The van der Waals surface area contributed by atoms with Gasteiger partial charge in [-0.3, -0.25) is 9.78 Å². The van der Waals surface area contributed by atoms with Crippen LogP contribution in [-0.4, -0.2) is 38.2 Å². The lowest BCUT2D eigenvalue weighted by Gasteiger charge is -2.21. The molecule has 0 unspecified atom stereocenters. The minimum atomic E-state index is -0.100. The van der Waals surface area contributed by atoms with E-state index in [1.165, 1.54) is 35.2 Å². The van der Waals surface area contributed by atoms with Gasteiger partial charge in [0.1, 0.15) is 0 Å². The van der Waals surface area contributed by atoms with Crippen molar-refractivity contribution in [3.8, 4) is 11.5 Å². The van der Waals surface area contributed by atoms with Gasteiger partial charge in [-0.15, -0.1) is 0 Å². The number of hydrogen-bond donors (Lipinski definition) is 2. The molecule has 1 amide bonds. The monoisotopic (exact) mass is 459 g/mol. The summed E-state index contributed by atoms with van der Waals surface area (Å²) in [4.78, 5) is 17.1. The second-order valence-corrected chi connectivity index (χ2v) is 8.51. The summed E-state index contributed by atoms with van der Waals surface area (Å²) in [6, 6.07) is 13.9. The molecule has 2 aromatic carbocycles. The van der Waals surface area contributed by atoms with E-state index in [1.54, 1.807) is 26.4 Å². The van der Waals surface area contributed by atoms with Gasteiger partial charge in [-0.25, -0.2) is 0 Å². The number of ether oxygens (including phenoxy) is 2. The van der Waals surface area contributed by atoms with Crippen LogP contribution in [0.4, 0.5) is 5.69 Å². The fourth-order valence-electron chi connectivity index (χ4n) is 4.44. The van der Waals surface area contributed by atoms with Crippen LogP contribution in [0.2, 0.25) is 0 Å². The van der Waals surface area contributed by atoms with Crippen molar-refractivity contribution >= 4 is 28.6 Å². The third-order valence-corrected chi connectivity index (χ3v) is 6.21. The number of aromatic nitrogens is 1. The number of carbonyl (C=O) groups is 1. The number of aryl methyl sites for hydroxylation is 1. The number of carbonyl (C=O) groups excluding carboxylic acids is 1. The van der Waals surface area contributed by atoms with Crippen LogP contribution in [0, 0.1) is 0 Å². The zero-order valence-electron chi connectivity index (χ0n) is 20.0. The number of nitrogens with one attached hydrogen (secondary N) is 2. The standard InChI is InChI=1S/C28H33N3O3/c1-33-25-15-13-20(19-26(25)34-2)14-16-27(32)29-17-7-8-18-30-28-21-9-3-5-11-23(21)31-24-12-6-4-10-22(24)28/h3,5,9,11,13-16,19H,4,6-8,10,12,17-18H2,1-2H3,(H,29,32)(H,30,31)/b16-14+. The van der Waals surface area contributed by atoms with E-state index in [2.05, 4.69) is 34.9 Å². The normalized spacial score (nSPS) is 13.0. The van der Waals surface area contributed by atoms with Gasteiger partial charge in [-0.05, 0) is 73.9 Å². The van der Waals surface area contributed by atoms with Crippen molar-refractivity contribution in [3.05, 3.63) is 65.4 Å². The van der Waals surface area contributed by atoms with E-state index in [1.807, 2.05) is 18.2 Å². The summed E-state index contributed by atoms with van der Waals surface area (Å²) in [5.41, 5.74) is 5.84. The number of pyridine rings is 1. The van der Waals surface area contributed by atoms with Gasteiger partial charge >= 0.3 is 0 Å². The summed E-state index contributed by atoms with van der Waals surface area (Å²) in [5.74, 6) is 1.20. The Bertz CT molecular complexity index is 1170. The van der Waals surface area contributed by atoms with Crippen molar-refractivity contribution in [2.45, 2.75) is 38.5 Å². The predicted octanol–water partition coefficient (Wildman–Crippen LogP) is 5.15. The summed E-state index contributed by atoms with van der Waals surface area (Å²) < 4.78 is 10.5. The first-order valence-electron chi connectivity index (χ1n) is 12.0. The van der Waals surface area contributed by atoms with Crippen LogP contribution in [0.25, 0.3) is 17.0 Å². The minimum absolute atomic E-state index is 0.100. The molecule has 1 aromatic heterocycles. The van der Waals surface area contributed by atoms with E-state index in [0.29, 0.717) is 18.0 Å². The summed E-state index contributed by atoms with van der Waals surface area (Å²) in [6.45, 7) is 1.52. The molecule has 0 radical (unpaired) electrons. The molecule has 0 saturated carbocycles. The molecule has 0 fully saturated rings. The SMILES string of the molecule is COc1ccc(/C=C/C(=O)NCCCCNc2c3c(nc4ccccc24)CCCC3)cc1OC. The van der Waals surface area contributed by atoms with Crippen LogP contribution >= 0.6 is 0 Å². The van der Waals surface area contributed by atoms with Crippen molar-refractivity contribution in [2.75, 3.05) is 32.6 Å². The molecule has 0 bridgehead atoms. The van der Waals surface area contributed by atoms with Crippen molar-refractivity contribution in [1.29, 1.82) is 0 Å². The van der Waals surface area contributed by atoms with Crippen molar-refractivity contribution in [3.63, 3.8) is 0 Å². The Morgan fingerprint density at radius 1 is 1.00 bits per heavy atom. The molecule has 0 spiro atoms. The van der Waals surface area contributed by atoms with Gasteiger partial charge < -0.3 is 20.1 Å². The maximum Gasteiger partial charge on any atom is 0.243 e. The van der Waals surface area contributed by atoms with E-state index in [9.17, 15) is 4.79 Å². The highest BCUT2D eigenvalue weighted by molar-refractivity contribution is 5.93. The molecule has 3 aromatic rings. The molecule has 178 valence electrons. The van der Waals surface area contributed by atoms with E-state index < -0.39 is 0 Å². The highest BCUT2D eigenvalue weighted by Crippen LogP contribution is 2.33. The molecule has 34 heavy (non-hydrogen) atoms. The second kappa shape index (κ2) is 11.5. The maximum absolute atomic E-state index is 12.2. The molecule has 1 aliphatic carbocycles. The quantitative estimate of drug-likeness (QED) is 0.324. The Kier molecular flexibility index (Phi) is 8.02. The van der Waals surface area contributed by atoms with Gasteiger partial charge in [-0.2, -0.15) is 0 Å². The first kappa shape index (κ1) is 23.6. The molecule has 0 saturated heterocycles. The van der Waals surface area contributed by atoms with Crippen LogP contribution in [0.1, 0.15) is 42.5 Å². The second-order valence-electron chi connectivity index (χ2n) is 8.51. The highest BCUT2D eigenvalue weighted by atomic mass is 16.5. The lowest BCUT2D eigenvalue weighted by molar-refractivity contribution is -0.116. The van der Waals surface area contributed by atoms with Crippen LogP contribution < -0.4 is 20.1 Å². The first-order valence-corrected chi connectivity index (χ1v) is 12.0. The summed E-state index contributed by atoms with van der Waals surface area (Å²) >= 11 is 0. The molecular weight excluding hydrogens is 426 g/mol. The van der Waals surface area contributed by atoms with E-state index >= 15 is 0 Å². The van der Waals surface area contributed by atoms with Crippen LogP contribution in [0.15, 0.2) is 48.5 Å². The van der Waals surface area contributed by atoms with E-state index in [0.717, 1.165) is 43.3 Å². The molecule has 6 heteroatoms. The highest BCUT2D eigenvalue weighted by Gasteiger charge is 2.17. The van der Waals surface area contributed by atoms with E-state index in [-0.39, 0.29) is 5.91 Å². The number of fused-ring (bicyclic) bond motifs is 2. The Hall–Kier alpha value is -3.54. The molecule has 4 rings (SSSR count). The molecule has 0 aliphatic heterocycles. The summed E-state index contributed by atoms with van der Waals surface area (Å²) in [5, 5.41) is 7.85. The summed E-state index contributed by atoms with van der Waals surface area (Å²) in [7, 11) is 3.20. The smallest absolute Gasteiger partial charge is 0.243 e. The average molecular weight is 460 g/mol. The van der Waals surface area contributed by atoms with Gasteiger partial charge in [0.2, 0.25) is 5.91 Å². The number of nitrogens with zero attached hydrogens (tertiary/aromatic N) is 1. The minimum Gasteiger partial charge on any atom is -0.493 e. The van der Waals surface area contributed by atoms with Gasteiger partial charge in [0, 0.05) is 35.9 Å². The third kappa shape index (κ3) is 5.68.